The molecule has 1 aliphatic heterocycles. The summed E-state index contributed by atoms with van der Waals surface area (Å²) in [4.78, 5) is 17.9. The SMILES string of the molecule is CCc1c(C)sc(NC(=S)N2CCN(c3ccccc3OC)CC2)c1C(=O)OC. The molecule has 29 heavy (non-hydrogen) atoms. The van der Waals surface area contributed by atoms with Crippen molar-refractivity contribution in [2.24, 2.45) is 0 Å². The molecular weight excluding hydrogens is 406 g/mol. The minimum Gasteiger partial charge on any atom is -0.495 e. The molecule has 1 N–H and O–H groups in total. The van der Waals surface area contributed by atoms with E-state index in [4.69, 9.17) is 21.7 Å². The first-order chi connectivity index (χ1) is 14.0. The van der Waals surface area contributed by atoms with Gasteiger partial charge in [-0.25, -0.2) is 4.79 Å². The third kappa shape index (κ3) is 4.48. The summed E-state index contributed by atoms with van der Waals surface area (Å²) in [5.41, 5.74) is 2.73. The zero-order chi connectivity index (χ0) is 21.0. The Labute approximate surface area is 181 Å². The van der Waals surface area contributed by atoms with Crippen LogP contribution in [0.4, 0.5) is 10.7 Å². The van der Waals surface area contributed by atoms with Gasteiger partial charge in [0.2, 0.25) is 0 Å². The lowest BCUT2D eigenvalue weighted by atomic mass is 10.1. The molecule has 1 aromatic heterocycles. The summed E-state index contributed by atoms with van der Waals surface area (Å²) >= 11 is 7.21. The van der Waals surface area contributed by atoms with Gasteiger partial charge in [0, 0.05) is 31.1 Å². The van der Waals surface area contributed by atoms with Crippen LogP contribution in [0.5, 0.6) is 5.75 Å². The fourth-order valence-corrected chi connectivity index (χ4v) is 5.11. The number of nitrogens with one attached hydrogen (secondary N) is 1. The van der Waals surface area contributed by atoms with Gasteiger partial charge in [0.25, 0.3) is 0 Å². The number of hydrogen-bond acceptors (Lipinski definition) is 6. The monoisotopic (exact) mass is 433 g/mol. The fraction of sp³-hybridized carbons (Fsp3) is 0.429. The van der Waals surface area contributed by atoms with Crippen molar-refractivity contribution in [1.82, 2.24) is 4.90 Å². The number of anilines is 2. The number of thiocarbonyl (C=S) groups is 1. The number of aryl methyl sites for hydroxylation is 1. The molecule has 1 aliphatic rings. The highest BCUT2D eigenvalue weighted by molar-refractivity contribution is 7.80. The average Bonchev–Trinajstić information content (AvgIpc) is 3.07. The standard InChI is InChI=1S/C21H27N3O3S2/c1-5-15-14(2)29-19(18(15)20(25)27-4)22-21(28)24-12-10-23(11-13-24)16-8-6-7-9-17(16)26-3/h6-9H,5,10-13H2,1-4H3,(H,22,28). The van der Waals surface area contributed by atoms with E-state index in [1.54, 1.807) is 18.4 Å². The second-order valence-electron chi connectivity index (χ2n) is 6.76. The molecule has 8 heteroatoms. The molecule has 0 bridgehead atoms. The molecule has 0 saturated carbocycles. The van der Waals surface area contributed by atoms with Crippen LogP contribution in [0.15, 0.2) is 24.3 Å². The van der Waals surface area contributed by atoms with Crippen LogP contribution in [0.2, 0.25) is 0 Å². The zero-order valence-electron chi connectivity index (χ0n) is 17.3. The topological polar surface area (TPSA) is 54.0 Å². The maximum absolute atomic E-state index is 12.3. The molecule has 2 heterocycles. The molecule has 3 rings (SSSR count). The molecule has 1 aromatic carbocycles. The van der Waals surface area contributed by atoms with Crippen LogP contribution >= 0.6 is 23.6 Å². The molecule has 0 radical (unpaired) electrons. The first kappa shape index (κ1) is 21.4. The van der Waals surface area contributed by atoms with Crippen LogP contribution in [-0.2, 0) is 11.2 Å². The lowest BCUT2D eigenvalue weighted by Crippen LogP contribution is -2.50. The van der Waals surface area contributed by atoms with Crippen LogP contribution in [0, 0.1) is 6.92 Å². The van der Waals surface area contributed by atoms with Crippen molar-refractivity contribution >= 4 is 45.3 Å². The van der Waals surface area contributed by atoms with E-state index in [2.05, 4.69) is 21.2 Å². The summed E-state index contributed by atoms with van der Waals surface area (Å²) in [6.07, 6.45) is 0.777. The Hall–Kier alpha value is -2.32. The van der Waals surface area contributed by atoms with Gasteiger partial charge in [-0.05, 0) is 43.3 Å². The van der Waals surface area contributed by atoms with Gasteiger partial charge in [-0.15, -0.1) is 11.3 Å². The lowest BCUT2D eigenvalue weighted by Gasteiger charge is -2.37. The molecule has 0 amide bonds. The van der Waals surface area contributed by atoms with E-state index in [9.17, 15) is 4.79 Å². The normalized spacial score (nSPS) is 13.9. The Morgan fingerprint density at radius 1 is 1.21 bits per heavy atom. The summed E-state index contributed by atoms with van der Waals surface area (Å²) in [6.45, 7) is 7.34. The summed E-state index contributed by atoms with van der Waals surface area (Å²) in [6, 6.07) is 8.06. The Bertz CT molecular complexity index is 889. The quantitative estimate of drug-likeness (QED) is 0.566. The van der Waals surface area contributed by atoms with E-state index in [1.807, 2.05) is 32.0 Å². The van der Waals surface area contributed by atoms with Crippen molar-refractivity contribution in [3.8, 4) is 5.75 Å². The van der Waals surface area contributed by atoms with E-state index < -0.39 is 0 Å². The summed E-state index contributed by atoms with van der Waals surface area (Å²) < 4.78 is 10.5. The molecular formula is C21H27N3O3S2. The highest BCUT2D eigenvalue weighted by atomic mass is 32.1. The van der Waals surface area contributed by atoms with Gasteiger partial charge in [-0.2, -0.15) is 0 Å². The van der Waals surface area contributed by atoms with Crippen LogP contribution in [-0.4, -0.2) is 56.4 Å². The van der Waals surface area contributed by atoms with Gasteiger partial charge in [0.05, 0.1) is 25.5 Å². The van der Waals surface area contributed by atoms with E-state index in [0.29, 0.717) is 10.7 Å². The highest BCUT2D eigenvalue weighted by Gasteiger charge is 2.25. The number of carbonyl (C=O) groups is 1. The first-order valence-electron chi connectivity index (χ1n) is 9.64. The first-order valence-corrected chi connectivity index (χ1v) is 10.9. The molecule has 6 nitrogen and oxygen atoms in total. The maximum Gasteiger partial charge on any atom is 0.341 e. The van der Waals surface area contributed by atoms with Gasteiger partial charge in [-0.3, -0.25) is 0 Å². The molecule has 0 atom stereocenters. The summed E-state index contributed by atoms with van der Waals surface area (Å²) in [5.74, 6) is 0.558. The van der Waals surface area contributed by atoms with E-state index >= 15 is 0 Å². The van der Waals surface area contributed by atoms with Crippen molar-refractivity contribution in [2.45, 2.75) is 20.3 Å². The van der Waals surface area contributed by atoms with Crippen LogP contribution < -0.4 is 15.0 Å². The molecule has 0 unspecified atom stereocenters. The van der Waals surface area contributed by atoms with Gasteiger partial charge < -0.3 is 24.6 Å². The fourth-order valence-electron chi connectivity index (χ4n) is 3.63. The number of nitrogens with zero attached hydrogens (tertiary/aromatic N) is 2. The molecule has 1 saturated heterocycles. The van der Waals surface area contributed by atoms with Crippen LogP contribution in [0.1, 0.15) is 27.7 Å². The number of rotatable bonds is 5. The minimum absolute atomic E-state index is 0.322. The summed E-state index contributed by atoms with van der Waals surface area (Å²) in [5, 5.41) is 4.70. The van der Waals surface area contributed by atoms with Gasteiger partial charge in [-0.1, -0.05) is 19.1 Å². The van der Waals surface area contributed by atoms with Gasteiger partial charge in [0.15, 0.2) is 5.11 Å². The highest BCUT2D eigenvalue weighted by Crippen LogP contribution is 2.34. The van der Waals surface area contributed by atoms with Crippen molar-refractivity contribution in [1.29, 1.82) is 0 Å². The van der Waals surface area contributed by atoms with Crippen LogP contribution in [0.3, 0.4) is 0 Å². The predicted molar refractivity (Wildman–Crippen MR) is 123 cm³/mol. The van der Waals surface area contributed by atoms with Crippen molar-refractivity contribution < 1.29 is 14.3 Å². The molecule has 2 aromatic rings. The predicted octanol–water partition coefficient (Wildman–Crippen LogP) is 3.93. The maximum atomic E-state index is 12.3. The van der Waals surface area contributed by atoms with Crippen molar-refractivity contribution in [2.75, 3.05) is 50.6 Å². The number of benzene rings is 1. The van der Waals surface area contributed by atoms with Crippen molar-refractivity contribution in [3.05, 3.63) is 40.3 Å². The average molecular weight is 434 g/mol. The van der Waals surface area contributed by atoms with Gasteiger partial charge >= 0.3 is 5.97 Å². The summed E-state index contributed by atoms with van der Waals surface area (Å²) in [7, 11) is 3.11. The zero-order valence-corrected chi connectivity index (χ0v) is 18.9. The molecule has 0 spiro atoms. The largest absolute Gasteiger partial charge is 0.495 e. The number of thiophene rings is 1. The van der Waals surface area contributed by atoms with Gasteiger partial charge in [0.1, 0.15) is 10.8 Å². The number of methoxy groups -OCH3 is 2. The number of hydrogen-bond donors (Lipinski definition) is 1. The number of ether oxygens (including phenoxy) is 2. The number of para-hydroxylation sites is 2. The third-order valence-corrected chi connectivity index (χ3v) is 6.59. The van der Waals surface area contributed by atoms with Crippen LogP contribution in [0.25, 0.3) is 0 Å². The number of esters is 1. The molecule has 1 fully saturated rings. The molecule has 156 valence electrons. The minimum atomic E-state index is -0.322. The molecule has 0 aliphatic carbocycles. The number of piperazine rings is 1. The second-order valence-corrected chi connectivity index (χ2v) is 8.37. The van der Waals surface area contributed by atoms with E-state index in [1.165, 1.54) is 7.11 Å². The third-order valence-electron chi connectivity index (χ3n) is 5.17. The number of carbonyl (C=O) groups excluding carboxylic acids is 1. The Morgan fingerprint density at radius 2 is 1.90 bits per heavy atom. The Morgan fingerprint density at radius 3 is 2.52 bits per heavy atom. The second kappa shape index (κ2) is 9.45. The van der Waals surface area contributed by atoms with E-state index in [0.717, 1.165) is 59.5 Å². The lowest BCUT2D eigenvalue weighted by molar-refractivity contribution is 0.0601. The Kier molecular flexibility index (Phi) is 6.97. The Balaban J connectivity index is 1.69. The van der Waals surface area contributed by atoms with Crippen molar-refractivity contribution in [3.63, 3.8) is 0 Å². The van der Waals surface area contributed by atoms with E-state index in [-0.39, 0.29) is 5.97 Å². The smallest absolute Gasteiger partial charge is 0.341 e.